The first-order valence-corrected chi connectivity index (χ1v) is 4.38. The molecule has 0 saturated heterocycles. The van der Waals surface area contributed by atoms with Gasteiger partial charge in [0.1, 0.15) is 16.7 Å². The Morgan fingerprint density at radius 3 is 3.25 bits per heavy atom. The Labute approximate surface area is 73.5 Å². The monoisotopic (exact) mass is 176 g/mol. The lowest BCUT2D eigenvalue weighted by atomic mass is 10.1. The van der Waals surface area contributed by atoms with Crippen molar-refractivity contribution >= 4 is 22.7 Å². The van der Waals surface area contributed by atoms with Gasteiger partial charge in [-0.25, -0.2) is 4.99 Å². The highest BCUT2D eigenvalue weighted by Crippen LogP contribution is 2.26. The van der Waals surface area contributed by atoms with E-state index in [4.69, 9.17) is 5.26 Å². The number of dihydropyridines is 1. The first-order chi connectivity index (χ1) is 5.81. The van der Waals surface area contributed by atoms with Crippen LogP contribution in [-0.2, 0) is 4.79 Å². The van der Waals surface area contributed by atoms with Gasteiger partial charge >= 0.3 is 0 Å². The number of nitrogens with zero attached hydrogens (tertiary/aromatic N) is 2. The van der Waals surface area contributed by atoms with Crippen molar-refractivity contribution in [2.24, 2.45) is 4.99 Å². The lowest BCUT2D eigenvalue weighted by Crippen LogP contribution is -2.08. The minimum Gasteiger partial charge on any atom is -0.266 e. The van der Waals surface area contributed by atoms with Crippen molar-refractivity contribution in [1.29, 1.82) is 5.26 Å². The van der Waals surface area contributed by atoms with Gasteiger partial charge in [-0.15, -0.1) is 11.8 Å². The van der Waals surface area contributed by atoms with Crippen LogP contribution in [0.2, 0.25) is 0 Å². The zero-order valence-electron chi connectivity index (χ0n) is 6.07. The number of aliphatic imine (C=N–C) groups is 1. The van der Waals surface area contributed by atoms with E-state index in [2.05, 4.69) is 4.99 Å². The Kier molecular flexibility index (Phi) is 1.59. The van der Waals surface area contributed by atoms with Gasteiger partial charge in [0.15, 0.2) is 0 Å². The van der Waals surface area contributed by atoms with Crippen molar-refractivity contribution in [1.82, 2.24) is 0 Å². The minimum absolute atomic E-state index is 0.132. The van der Waals surface area contributed by atoms with Gasteiger partial charge in [0.2, 0.25) is 0 Å². The van der Waals surface area contributed by atoms with Gasteiger partial charge in [-0.05, 0) is 6.08 Å². The largest absolute Gasteiger partial charge is 0.288 e. The highest BCUT2D eigenvalue weighted by Gasteiger charge is 2.21. The Morgan fingerprint density at radius 2 is 2.50 bits per heavy atom. The maximum absolute atomic E-state index is 11.0. The second-order valence-corrected chi connectivity index (χ2v) is 3.37. The molecule has 0 fully saturated rings. The lowest BCUT2D eigenvalue weighted by molar-refractivity contribution is -0.114. The summed E-state index contributed by atoms with van der Waals surface area (Å²) in [7, 11) is 0. The smallest absolute Gasteiger partial charge is 0.266 e. The van der Waals surface area contributed by atoms with Crippen LogP contribution >= 0.6 is 11.8 Å². The van der Waals surface area contributed by atoms with Gasteiger partial charge in [0, 0.05) is 11.3 Å². The summed E-state index contributed by atoms with van der Waals surface area (Å²) in [6.07, 6.45) is 3.57. The van der Waals surface area contributed by atoms with Crippen LogP contribution in [0.4, 0.5) is 0 Å². The fourth-order valence-electron chi connectivity index (χ4n) is 1.05. The third kappa shape index (κ3) is 0.990. The molecule has 0 aromatic heterocycles. The summed E-state index contributed by atoms with van der Waals surface area (Å²) in [6.45, 7) is 0. The summed E-state index contributed by atoms with van der Waals surface area (Å²) in [4.78, 5) is 14.8. The number of allylic oxidation sites excluding steroid dienone is 1. The number of carbonyl (C=O) groups excluding carboxylic acids is 1. The SMILES string of the molecule is N#CC1=CC2=CCSC2=NC1=O. The Balaban J connectivity index is 2.47. The van der Waals surface area contributed by atoms with Gasteiger partial charge in [-0.1, -0.05) is 6.08 Å². The molecule has 2 aliphatic rings. The Morgan fingerprint density at radius 1 is 1.67 bits per heavy atom. The summed E-state index contributed by atoms with van der Waals surface area (Å²) >= 11 is 1.53. The van der Waals surface area contributed by atoms with E-state index < -0.39 is 5.91 Å². The molecule has 0 saturated carbocycles. The molecular weight excluding hydrogens is 172 g/mol. The molecule has 0 spiro atoms. The normalized spacial score (nSPS) is 20.6. The van der Waals surface area contributed by atoms with E-state index in [1.807, 2.05) is 12.1 Å². The molecule has 0 bridgehead atoms. The van der Waals surface area contributed by atoms with E-state index in [-0.39, 0.29) is 5.57 Å². The standard InChI is InChI=1S/C8H4N2OS/c9-4-6-3-5-1-2-12-8(5)10-7(6)11/h1,3H,2H2. The molecule has 12 heavy (non-hydrogen) atoms. The molecule has 0 N–H and O–H groups in total. The van der Waals surface area contributed by atoms with E-state index in [1.165, 1.54) is 11.8 Å². The van der Waals surface area contributed by atoms with Gasteiger partial charge in [-0.2, -0.15) is 5.26 Å². The van der Waals surface area contributed by atoms with Crippen molar-refractivity contribution in [3.8, 4) is 6.07 Å². The predicted molar refractivity (Wildman–Crippen MR) is 46.7 cm³/mol. The van der Waals surface area contributed by atoms with Crippen molar-refractivity contribution in [3.63, 3.8) is 0 Å². The molecule has 0 unspecified atom stereocenters. The van der Waals surface area contributed by atoms with E-state index in [1.54, 1.807) is 6.08 Å². The molecule has 4 heteroatoms. The van der Waals surface area contributed by atoms with Gasteiger partial charge in [0.05, 0.1) is 0 Å². The van der Waals surface area contributed by atoms with Crippen LogP contribution in [-0.4, -0.2) is 16.7 Å². The zero-order valence-corrected chi connectivity index (χ0v) is 6.89. The molecule has 2 rings (SSSR count). The summed E-state index contributed by atoms with van der Waals surface area (Å²) in [5.41, 5.74) is 1.05. The first-order valence-electron chi connectivity index (χ1n) is 3.39. The van der Waals surface area contributed by atoms with Gasteiger partial charge < -0.3 is 0 Å². The fourth-order valence-corrected chi connectivity index (χ4v) is 1.93. The van der Waals surface area contributed by atoms with Crippen molar-refractivity contribution in [3.05, 3.63) is 23.3 Å². The quantitative estimate of drug-likeness (QED) is 0.554. The topological polar surface area (TPSA) is 53.2 Å². The highest BCUT2D eigenvalue weighted by atomic mass is 32.2. The third-order valence-corrected chi connectivity index (χ3v) is 2.56. The minimum atomic E-state index is -0.418. The molecule has 3 nitrogen and oxygen atoms in total. The lowest BCUT2D eigenvalue weighted by Gasteiger charge is -2.03. The molecule has 0 aromatic rings. The van der Waals surface area contributed by atoms with Gasteiger partial charge in [-0.3, -0.25) is 4.79 Å². The van der Waals surface area contributed by atoms with Crippen molar-refractivity contribution < 1.29 is 4.79 Å². The average Bonchev–Trinajstić information content (AvgIpc) is 2.49. The van der Waals surface area contributed by atoms with Crippen LogP contribution in [0.1, 0.15) is 0 Å². The van der Waals surface area contributed by atoms with E-state index >= 15 is 0 Å². The van der Waals surface area contributed by atoms with Crippen LogP contribution in [0, 0.1) is 11.3 Å². The second kappa shape index (κ2) is 2.61. The van der Waals surface area contributed by atoms with Crippen molar-refractivity contribution in [2.45, 2.75) is 0 Å². The number of fused-ring (bicyclic) bond motifs is 1. The van der Waals surface area contributed by atoms with E-state index in [0.717, 1.165) is 16.4 Å². The molecule has 0 atom stereocenters. The van der Waals surface area contributed by atoms with Crippen LogP contribution in [0.5, 0.6) is 0 Å². The fraction of sp³-hybridized carbons (Fsp3) is 0.125. The number of hydrogen-bond donors (Lipinski definition) is 0. The number of carbonyl (C=O) groups is 1. The van der Waals surface area contributed by atoms with E-state index in [0.29, 0.717) is 0 Å². The highest BCUT2D eigenvalue weighted by molar-refractivity contribution is 8.15. The molecule has 0 radical (unpaired) electrons. The Bertz CT molecular complexity index is 384. The van der Waals surface area contributed by atoms with E-state index in [9.17, 15) is 4.79 Å². The summed E-state index contributed by atoms with van der Waals surface area (Å²) in [5, 5.41) is 9.29. The summed E-state index contributed by atoms with van der Waals surface area (Å²) in [5.74, 6) is 0.426. The molecule has 0 aromatic carbocycles. The van der Waals surface area contributed by atoms with Crippen molar-refractivity contribution in [2.75, 3.05) is 5.75 Å². The van der Waals surface area contributed by atoms with Crippen LogP contribution in [0.25, 0.3) is 0 Å². The number of nitriles is 1. The summed E-state index contributed by atoms with van der Waals surface area (Å²) < 4.78 is 0. The second-order valence-electron chi connectivity index (χ2n) is 2.36. The molecule has 1 amide bonds. The predicted octanol–water partition coefficient (Wildman–Crippen LogP) is 1.05. The number of thioether (sulfide) groups is 1. The molecule has 2 heterocycles. The van der Waals surface area contributed by atoms with Gasteiger partial charge in [0.25, 0.3) is 5.91 Å². The molecular formula is C8H4N2OS. The maximum atomic E-state index is 11.0. The first kappa shape index (κ1) is 7.32. The average molecular weight is 176 g/mol. The molecule has 2 aliphatic heterocycles. The van der Waals surface area contributed by atoms with Crippen LogP contribution in [0.15, 0.2) is 28.3 Å². The number of amides is 1. The molecule has 0 aliphatic carbocycles. The number of hydrogen-bond acceptors (Lipinski definition) is 3. The third-order valence-electron chi connectivity index (χ3n) is 1.62. The summed E-state index contributed by atoms with van der Waals surface area (Å²) in [6, 6.07) is 1.82. The number of rotatable bonds is 0. The Hall–Kier alpha value is -1.34. The van der Waals surface area contributed by atoms with Crippen LogP contribution in [0.3, 0.4) is 0 Å². The van der Waals surface area contributed by atoms with Crippen LogP contribution < -0.4 is 0 Å². The maximum Gasteiger partial charge on any atom is 0.288 e. The zero-order chi connectivity index (χ0) is 8.55. The molecule has 58 valence electrons.